The lowest BCUT2D eigenvalue weighted by atomic mass is 9.87. The van der Waals surface area contributed by atoms with E-state index in [0.29, 0.717) is 6.04 Å². The fourth-order valence-corrected chi connectivity index (χ4v) is 2.70. The van der Waals surface area contributed by atoms with E-state index in [-0.39, 0.29) is 11.5 Å². The van der Waals surface area contributed by atoms with Crippen molar-refractivity contribution in [2.75, 3.05) is 18.5 Å². The van der Waals surface area contributed by atoms with Gasteiger partial charge in [0.2, 0.25) is 0 Å². The van der Waals surface area contributed by atoms with E-state index in [9.17, 15) is 0 Å². The lowest BCUT2D eigenvalue weighted by Crippen LogP contribution is -2.39. The molecule has 120 valence electrons. The van der Waals surface area contributed by atoms with Gasteiger partial charge in [0.25, 0.3) is 0 Å². The van der Waals surface area contributed by atoms with Gasteiger partial charge in [-0.25, -0.2) is 0 Å². The second-order valence-corrected chi connectivity index (χ2v) is 7.44. The van der Waals surface area contributed by atoms with Crippen molar-refractivity contribution in [3.05, 3.63) is 28.8 Å². The molecule has 0 saturated carbocycles. The van der Waals surface area contributed by atoms with E-state index in [2.05, 4.69) is 77.0 Å². The van der Waals surface area contributed by atoms with Crippen LogP contribution in [-0.4, -0.2) is 19.6 Å². The van der Waals surface area contributed by atoms with E-state index in [0.717, 1.165) is 18.0 Å². The van der Waals surface area contributed by atoms with Gasteiger partial charge in [-0.3, -0.25) is 0 Å². The number of benzene rings is 1. The van der Waals surface area contributed by atoms with Crippen molar-refractivity contribution < 1.29 is 0 Å². The zero-order valence-corrected chi connectivity index (χ0v) is 15.4. The molecule has 0 amide bonds. The fourth-order valence-electron chi connectivity index (χ4n) is 2.36. The number of nitrogens with one attached hydrogen (secondary N) is 1. The van der Waals surface area contributed by atoms with Crippen molar-refractivity contribution in [1.29, 1.82) is 0 Å². The molecule has 1 rings (SSSR count). The molecule has 0 fully saturated rings. The molecular formula is C18H31ClN2. The first kappa shape index (κ1) is 18.3. The van der Waals surface area contributed by atoms with Crippen molar-refractivity contribution in [3.8, 4) is 0 Å². The van der Waals surface area contributed by atoms with Crippen LogP contribution in [0.3, 0.4) is 0 Å². The van der Waals surface area contributed by atoms with Gasteiger partial charge in [0, 0.05) is 29.8 Å². The number of halogens is 1. The Balaban J connectivity index is 2.92. The Morgan fingerprint density at radius 2 is 1.86 bits per heavy atom. The highest BCUT2D eigenvalue weighted by atomic mass is 35.5. The summed E-state index contributed by atoms with van der Waals surface area (Å²) in [7, 11) is 2.14. The molecule has 0 aliphatic carbocycles. The molecule has 0 radical (unpaired) electrons. The predicted octanol–water partition coefficient (Wildman–Crippen LogP) is 5.27. The van der Waals surface area contributed by atoms with E-state index in [1.807, 2.05) is 0 Å². The van der Waals surface area contributed by atoms with Gasteiger partial charge in [0.05, 0.1) is 0 Å². The summed E-state index contributed by atoms with van der Waals surface area (Å²) < 4.78 is 0. The zero-order valence-electron chi connectivity index (χ0n) is 14.6. The minimum absolute atomic E-state index is 0.232. The Morgan fingerprint density at radius 3 is 2.33 bits per heavy atom. The van der Waals surface area contributed by atoms with Gasteiger partial charge in [0.15, 0.2) is 0 Å². The lowest BCUT2D eigenvalue weighted by Gasteiger charge is -2.37. The van der Waals surface area contributed by atoms with Crippen LogP contribution >= 0.6 is 11.6 Å². The molecule has 0 aliphatic heterocycles. The molecule has 2 nitrogen and oxygen atoms in total. The third-order valence-electron chi connectivity index (χ3n) is 4.39. The molecule has 2 atom stereocenters. The lowest BCUT2D eigenvalue weighted by molar-refractivity contribution is 0.330. The largest absolute Gasteiger partial charge is 0.371 e. The maximum Gasteiger partial charge on any atom is 0.0474 e. The molecule has 0 aliphatic rings. The smallest absolute Gasteiger partial charge is 0.0474 e. The van der Waals surface area contributed by atoms with Crippen molar-refractivity contribution >= 4 is 17.3 Å². The zero-order chi connectivity index (χ0) is 16.2. The third kappa shape index (κ3) is 4.89. The van der Waals surface area contributed by atoms with Crippen LogP contribution in [0.15, 0.2) is 18.2 Å². The molecule has 0 saturated heterocycles. The Labute approximate surface area is 135 Å². The number of nitrogens with zero attached hydrogens (tertiary/aromatic N) is 1. The number of hydrogen-bond acceptors (Lipinski definition) is 2. The normalized spacial score (nSPS) is 14.9. The summed E-state index contributed by atoms with van der Waals surface area (Å²) >= 11 is 6.50. The van der Waals surface area contributed by atoms with Crippen LogP contribution in [-0.2, 0) is 0 Å². The summed E-state index contributed by atoms with van der Waals surface area (Å²) in [5, 5.41) is 4.33. The Kier molecular flexibility index (Phi) is 6.55. The topological polar surface area (TPSA) is 15.3 Å². The summed E-state index contributed by atoms with van der Waals surface area (Å²) in [6.07, 6.45) is 1.13. The monoisotopic (exact) mass is 310 g/mol. The van der Waals surface area contributed by atoms with Crippen LogP contribution in [0.25, 0.3) is 0 Å². The van der Waals surface area contributed by atoms with Crippen molar-refractivity contribution in [1.82, 2.24) is 5.32 Å². The first-order chi connectivity index (χ1) is 9.68. The summed E-state index contributed by atoms with van der Waals surface area (Å²) in [5.74, 6) is 0. The van der Waals surface area contributed by atoms with Gasteiger partial charge in [0.1, 0.15) is 0 Å². The van der Waals surface area contributed by atoms with Crippen molar-refractivity contribution in [2.24, 2.45) is 5.41 Å². The molecule has 1 aromatic rings. The molecule has 0 heterocycles. The van der Waals surface area contributed by atoms with E-state index in [4.69, 9.17) is 11.6 Å². The van der Waals surface area contributed by atoms with Gasteiger partial charge in [-0.05, 0) is 49.9 Å². The molecular weight excluding hydrogens is 280 g/mol. The summed E-state index contributed by atoms with van der Waals surface area (Å²) in [5.41, 5.74) is 2.58. The average molecular weight is 311 g/mol. The molecule has 0 bridgehead atoms. The minimum Gasteiger partial charge on any atom is -0.371 e. The molecule has 1 aromatic carbocycles. The maximum absolute atomic E-state index is 6.50. The first-order valence-electron chi connectivity index (χ1n) is 7.94. The van der Waals surface area contributed by atoms with E-state index in [1.54, 1.807) is 0 Å². The molecule has 0 spiro atoms. The highest BCUT2D eigenvalue weighted by Gasteiger charge is 2.24. The van der Waals surface area contributed by atoms with Crippen LogP contribution in [0.5, 0.6) is 0 Å². The second-order valence-electron chi connectivity index (χ2n) is 7.03. The molecule has 1 N–H and O–H groups in total. The number of anilines is 1. The highest BCUT2D eigenvalue weighted by Crippen LogP contribution is 2.31. The van der Waals surface area contributed by atoms with Crippen LogP contribution < -0.4 is 10.2 Å². The summed E-state index contributed by atoms with van der Waals surface area (Å²) in [6.45, 7) is 14.4. The van der Waals surface area contributed by atoms with Crippen LogP contribution in [0, 0.1) is 5.41 Å². The average Bonchev–Trinajstić information content (AvgIpc) is 2.41. The molecule has 0 aromatic heterocycles. The predicted molar refractivity (Wildman–Crippen MR) is 95.5 cm³/mol. The quantitative estimate of drug-likeness (QED) is 0.770. The van der Waals surface area contributed by atoms with Crippen molar-refractivity contribution in [2.45, 2.75) is 60.0 Å². The van der Waals surface area contributed by atoms with Crippen LogP contribution in [0.2, 0.25) is 5.02 Å². The van der Waals surface area contributed by atoms with Gasteiger partial charge in [-0.1, -0.05) is 45.4 Å². The summed E-state index contributed by atoms with van der Waals surface area (Å²) in [4.78, 5) is 2.31. The SMILES string of the molecule is CCCNC(C)c1ccc(N(C)C(C)C(C)(C)C)cc1Cl. The third-order valence-corrected chi connectivity index (χ3v) is 4.72. The second kappa shape index (κ2) is 7.51. The highest BCUT2D eigenvalue weighted by molar-refractivity contribution is 6.31. The molecule has 3 heteroatoms. The van der Waals surface area contributed by atoms with Crippen molar-refractivity contribution in [3.63, 3.8) is 0 Å². The van der Waals surface area contributed by atoms with Crippen LogP contribution in [0.1, 0.15) is 59.6 Å². The van der Waals surface area contributed by atoms with Crippen LogP contribution in [0.4, 0.5) is 5.69 Å². The van der Waals surface area contributed by atoms with Gasteiger partial charge in [-0.2, -0.15) is 0 Å². The number of rotatable bonds is 6. The van der Waals surface area contributed by atoms with E-state index in [1.165, 1.54) is 11.3 Å². The molecule has 2 unspecified atom stereocenters. The standard InChI is InChI=1S/C18H31ClN2/c1-8-11-20-13(2)16-10-9-15(12-17(16)19)21(7)14(3)18(4,5)6/h9-10,12-14,20H,8,11H2,1-7H3. The summed E-state index contributed by atoms with van der Waals surface area (Å²) in [6, 6.07) is 7.14. The number of hydrogen-bond donors (Lipinski definition) is 1. The Bertz CT molecular complexity index is 451. The van der Waals surface area contributed by atoms with Gasteiger partial charge in [-0.15, -0.1) is 0 Å². The fraction of sp³-hybridized carbons (Fsp3) is 0.667. The van der Waals surface area contributed by atoms with Gasteiger partial charge >= 0.3 is 0 Å². The van der Waals surface area contributed by atoms with E-state index >= 15 is 0 Å². The maximum atomic E-state index is 6.50. The molecule has 21 heavy (non-hydrogen) atoms. The Morgan fingerprint density at radius 1 is 1.24 bits per heavy atom. The Hall–Kier alpha value is -0.730. The minimum atomic E-state index is 0.232. The van der Waals surface area contributed by atoms with Gasteiger partial charge < -0.3 is 10.2 Å². The van der Waals surface area contributed by atoms with E-state index < -0.39 is 0 Å². The first-order valence-corrected chi connectivity index (χ1v) is 8.32.